The molecule has 1 aliphatic heterocycles. The van der Waals surface area contributed by atoms with Crippen molar-refractivity contribution in [1.82, 2.24) is 0 Å². The molecular formula is C23H24BF4NOS. The topological polar surface area (TPSA) is 12.2 Å². The summed E-state index contributed by atoms with van der Waals surface area (Å²) in [6, 6.07) is 8.38. The third kappa shape index (κ3) is 8.88. The molecule has 0 fully saturated rings. The Morgan fingerprint density at radius 1 is 0.968 bits per heavy atom. The van der Waals surface area contributed by atoms with Gasteiger partial charge >= 0.3 is 7.25 Å². The van der Waals surface area contributed by atoms with Crippen LogP contribution in [0.15, 0.2) is 94.3 Å². The van der Waals surface area contributed by atoms with E-state index in [0.29, 0.717) is 6.61 Å². The van der Waals surface area contributed by atoms with Crippen molar-refractivity contribution in [3.05, 3.63) is 95.0 Å². The van der Waals surface area contributed by atoms with Gasteiger partial charge in [-0.2, -0.15) is 0 Å². The van der Waals surface area contributed by atoms with Crippen molar-refractivity contribution in [2.24, 2.45) is 0 Å². The van der Waals surface area contributed by atoms with Gasteiger partial charge in [0.1, 0.15) is 19.9 Å². The molecule has 3 rings (SSSR count). The van der Waals surface area contributed by atoms with Crippen molar-refractivity contribution in [2.45, 2.75) is 11.8 Å². The third-order valence-electron chi connectivity index (χ3n) is 4.02. The van der Waals surface area contributed by atoms with E-state index < -0.39 is 7.25 Å². The largest absolute Gasteiger partial charge is 0.673 e. The smallest absolute Gasteiger partial charge is 0.493 e. The second kappa shape index (κ2) is 11.6. The van der Waals surface area contributed by atoms with E-state index >= 15 is 0 Å². The molecule has 0 radical (unpaired) electrons. The summed E-state index contributed by atoms with van der Waals surface area (Å²) in [7, 11) is -1.90. The van der Waals surface area contributed by atoms with Gasteiger partial charge in [-0.3, -0.25) is 0 Å². The van der Waals surface area contributed by atoms with Crippen LogP contribution in [0.4, 0.5) is 17.3 Å². The first kappa shape index (κ1) is 24.5. The zero-order valence-electron chi connectivity index (χ0n) is 17.6. The summed E-state index contributed by atoms with van der Waals surface area (Å²) in [5.74, 6) is 0.949. The second-order valence-electron chi connectivity index (χ2n) is 6.64. The van der Waals surface area contributed by atoms with Gasteiger partial charge in [0, 0.05) is 27.5 Å². The van der Waals surface area contributed by atoms with E-state index in [9.17, 15) is 17.3 Å². The second-order valence-corrected chi connectivity index (χ2v) is 7.76. The number of fused-ring (bicyclic) bond motifs is 1. The van der Waals surface area contributed by atoms with E-state index in [1.807, 2.05) is 6.92 Å². The minimum atomic E-state index is -6.00. The summed E-state index contributed by atoms with van der Waals surface area (Å²) >= 11 is 1.77. The molecule has 0 bridgehead atoms. The number of hydrogen-bond acceptors (Lipinski definition) is 2. The summed E-state index contributed by atoms with van der Waals surface area (Å²) in [4.78, 5) is 2.42. The Morgan fingerprint density at radius 3 is 2.19 bits per heavy atom. The Labute approximate surface area is 184 Å². The van der Waals surface area contributed by atoms with Crippen LogP contribution in [0.5, 0.6) is 0 Å². The van der Waals surface area contributed by atoms with E-state index in [1.54, 1.807) is 11.8 Å². The Bertz CT molecular complexity index is 973. The highest BCUT2D eigenvalue weighted by molar-refractivity contribution is 8.03. The lowest BCUT2D eigenvalue weighted by atomic mass is 10.1. The van der Waals surface area contributed by atoms with Crippen molar-refractivity contribution in [3.63, 3.8) is 0 Å². The maximum atomic E-state index is 9.75. The highest BCUT2D eigenvalue weighted by Gasteiger charge is 2.20. The van der Waals surface area contributed by atoms with Crippen molar-refractivity contribution in [3.8, 4) is 0 Å². The van der Waals surface area contributed by atoms with Gasteiger partial charge in [0.2, 0.25) is 0 Å². The minimum Gasteiger partial charge on any atom is -0.493 e. The quantitative estimate of drug-likeness (QED) is 0.289. The number of nitrogens with zero attached hydrogens (tertiary/aromatic N) is 1. The molecule has 0 amide bonds. The number of benzene rings is 1. The summed E-state index contributed by atoms with van der Waals surface area (Å²) in [5, 5.41) is 0. The van der Waals surface area contributed by atoms with E-state index in [4.69, 9.17) is 4.74 Å². The number of allylic oxidation sites excluding steroid dienone is 10. The molecule has 0 unspecified atom stereocenters. The van der Waals surface area contributed by atoms with Gasteiger partial charge in [-0.15, -0.1) is 0 Å². The monoisotopic (exact) mass is 449 g/mol. The molecule has 0 N–H and O–H groups in total. The van der Waals surface area contributed by atoms with Gasteiger partial charge < -0.3 is 22.0 Å². The summed E-state index contributed by atoms with van der Waals surface area (Å²) in [5.41, 5.74) is 3.57. The van der Waals surface area contributed by atoms with Gasteiger partial charge in [-0.25, -0.2) is 4.58 Å². The molecule has 1 aliphatic carbocycles. The van der Waals surface area contributed by atoms with Crippen LogP contribution in [0.25, 0.3) is 5.76 Å². The molecule has 0 saturated carbocycles. The predicted molar refractivity (Wildman–Crippen MR) is 123 cm³/mol. The van der Waals surface area contributed by atoms with Gasteiger partial charge in [0.05, 0.1) is 6.61 Å². The predicted octanol–water partition coefficient (Wildman–Crippen LogP) is 6.68. The Hall–Kier alpha value is -2.74. The fourth-order valence-corrected chi connectivity index (χ4v) is 3.67. The van der Waals surface area contributed by atoms with Crippen LogP contribution < -0.4 is 0 Å². The first-order valence-electron chi connectivity index (χ1n) is 9.65. The first-order valence-corrected chi connectivity index (χ1v) is 10.5. The van der Waals surface area contributed by atoms with Crippen molar-refractivity contribution in [2.75, 3.05) is 20.7 Å². The van der Waals surface area contributed by atoms with Gasteiger partial charge in [-0.05, 0) is 42.9 Å². The van der Waals surface area contributed by atoms with Crippen LogP contribution in [-0.2, 0) is 4.74 Å². The van der Waals surface area contributed by atoms with Crippen LogP contribution in [-0.4, -0.2) is 38.2 Å². The number of ether oxygens (including phenoxy) is 1. The Morgan fingerprint density at radius 2 is 1.58 bits per heavy atom. The molecular weight excluding hydrogens is 425 g/mol. The van der Waals surface area contributed by atoms with Crippen molar-refractivity contribution in [1.29, 1.82) is 0 Å². The molecule has 2 aliphatic rings. The highest BCUT2D eigenvalue weighted by Crippen LogP contribution is 2.40. The lowest BCUT2D eigenvalue weighted by Crippen LogP contribution is -2.09. The van der Waals surface area contributed by atoms with Crippen molar-refractivity contribution < 1.29 is 26.6 Å². The Balaban J connectivity index is 0.000000614. The average Bonchev–Trinajstić information content (AvgIpc) is 2.70. The van der Waals surface area contributed by atoms with Crippen LogP contribution in [0.1, 0.15) is 12.5 Å². The van der Waals surface area contributed by atoms with E-state index in [-0.39, 0.29) is 0 Å². The standard InChI is InChI=1S/C23H24NOS.BF4/c1-4-25-22-17-20(26-23-12-8-7-11-21(22)23)10-6-5-9-18-13-15-19(16-14-18)24(2)3;2-1(3,4)5/h5-17H,4H2,1-3H3;/q+1;-1/b6-5+,20-10-;. The lowest BCUT2D eigenvalue weighted by Gasteiger charge is -2.18. The minimum absolute atomic E-state index is 0.671. The number of rotatable bonds is 4. The molecule has 2 nitrogen and oxygen atoms in total. The van der Waals surface area contributed by atoms with Gasteiger partial charge in [0.25, 0.3) is 0 Å². The maximum absolute atomic E-state index is 9.75. The third-order valence-corrected chi connectivity index (χ3v) is 5.09. The molecule has 8 heteroatoms. The number of thioether (sulfide) groups is 1. The van der Waals surface area contributed by atoms with Gasteiger partial charge in [-0.1, -0.05) is 48.2 Å². The zero-order valence-corrected chi connectivity index (χ0v) is 18.4. The maximum Gasteiger partial charge on any atom is 0.673 e. The summed E-state index contributed by atoms with van der Waals surface area (Å²) in [6.07, 6.45) is 19.0. The SMILES string of the molecule is CCOC1=C/C(=C/C=C/C=C2C=CC(=[N+](C)C)C=C2)Sc2ccccc21.F[B-](F)(F)F. The molecule has 0 atom stereocenters. The van der Waals surface area contributed by atoms with Crippen LogP contribution >= 0.6 is 11.8 Å². The molecule has 0 aromatic heterocycles. The molecule has 1 aromatic rings. The van der Waals surface area contributed by atoms with E-state index in [2.05, 4.69) is 97.6 Å². The molecule has 1 aromatic carbocycles. The number of halogens is 4. The normalized spacial score (nSPS) is 16.6. The van der Waals surface area contributed by atoms with Crippen LogP contribution in [0.2, 0.25) is 0 Å². The average molecular weight is 449 g/mol. The highest BCUT2D eigenvalue weighted by atomic mass is 32.2. The van der Waals surface area contributed by atoms with Crippen LogP contribution in [0, 0.1) is 0 Å². The molecule has 164 valence electrons. The molecule has 31 heavy (non-hydrogen) atoms. The van der Waals surface area contributed by atoms with Crippen molar-refractivity contribution >= 4 is 30.5 Å². The zero-order chi connectivity index (χ0) is 22.9. The first-order chi connectivity index (χ1) is 14.7. The van der Waals surface area contributed by atoms with E-state index in [0.717, 1.165) is 5.76 Å². The Kier molecular flexibility index (Phi) is 9.18. The fourth-order valence-electron chi connectivity index (χ4n) is 2.68. The summed E-state index contributed by atoms with van der Waals surface area (Å²) in [6.45, 7) is 2.69. The molecule has 0 saturated heterocycles. The van der Waals surface area contributed by atoms with Gasteiger partial charge in [0.15, 0.2) is 5.71 Å². The van der Waals surface area contributed by atoms with E-state index in [1.165, 1.54) is 26.6 Å². The molecule has 1 heterocycles. The van der Waals surface area contributed by atoms with Crippen LogP contribution in [0.3, 0.4) is 0 Å². The lowest BCUT2D eigenvalue weighted by molar-refractivity contribution is -0.462. The fraction of sp³-hybridized carbons (Fsp3) is 0.174. The number of hydrogen-bond donors (Lipinski definition) is 0. The molecule has 0 spiro atoms. The summed E-state index contributed by atoms with van der Waals surface area (Å²) < 4.78 is 46.9.